The van der Waals surface area contributed by atoms with E-state index in [1.54, 1.807) is 18.2 Å². The molecule has 0 aliphatic heterocycles. The summed E-state index contributed by atoms with van der Waals surface area (Å²) in [4.78, 5) is 7.79. The van der Waals surface area contributed by atoms with Gasteiger partial charge in [0.05, 0.1) is 23.0 Å². The van der Waals surface area contributed by atoms with Gasteiger partial charge in [-0.2, -0.15) is 10.2 Å². The van der Waals surface area contributed by atoms with Crippen LogP contribution in [0.25, 0.3) is 4.85 Å². The van der Waals surface area contributed by atoms with E-state index in [0.717, 1.165) is 20.2 Å². The fourth-order valence-corrected chi connectivity index (χ4v) is 4.53. The van der Waals surface area contributed by atoms with Gasteiger partial charge in [-0.1, -0.05) is 11.6 Å². The van der Waals surface area contributed by atoms with Gasteiger partial charge >= 0.3 is 0 Å². The van der Waals surface area contributed by atoms with Gasteiger partial charge in [0.25, 0.3) is 0 Å². The summed E-state index contributed by atoms with van der Waals surface area (Å²) in [6.45, 7) is 7.36. The van der Waals surface area contributed by atoms with Gasteiger partial charge in [-0.3, -0.25) is 0 Å². The summed E-state index contributed by atoms with van der Waals surface area (Å²) in [7, 11) is 0. The highest BCUT2D eigenvalue weighted by Crippen LogP contribution is 2.35. The van der Waals surface area contributed by atoms with E-state index in [2.05, 4.69) is 84.5 Å². The number of halogens is 4. The van der Waals surface area contributed by atoms with Crippen LogP contribution in [0.5, 0.6) is 0 Å². The second-order valence-corrected chi connectivity index (χ2v) is 8.82. The molecule has 0 unspecified atom stereocenters. The van der Waals surface area contributed by atoms with Gasteiger partial charge in [0.15, 0.2) is 11.0 Å². The molecule has 2 N–H and O–H groups in total. The second-order valence-electron chi connectivity index (χ2n) is 5.90. The Kier molecular flexibility index (Phi) is 7.62. The first kappa shape index (κ1) is 22.4. The first-order valence-electron chi connectivity index (χ1n) is 8.36. The van der Waals surface area contributed by atoms with Crippen LogP contribution in [0, 0.1) is 17.9 Å². The third-order valence-electron chi connectivity index (χ3n) is 3.85. The van der Waals surface area contributed by atoms with Gasteiger partial charge in [-0.25, -0.2) is 6.57 Å². The molecule has 0 spiro atoms. The molecule has 0 atom stereocenters. The molecule has 0 fully saturated rings. The molecule has 7 nitrogen and oxygen atoms in total. The lowest BCUT2D eigenvalue weighted by atomic mass is 10.1. The summed E-state index contributed by atoms with van der Waals surface area (Å²) >= 11 is 16.6. The Balaban J connectivity index is 1.86. The molecule has 1 heterocycles. The van der Waals surface area contributed by atoms with Gasteiger partial charge in [-0.15, -0.1) is 10.2 Å². The van der Waals surface area contributed by atoms with Crippen molar-refractivity contribution in [2.45, 2.75) is 6.42 Å². The summed E-state index contributed by atoms with van der Waals surface area (Å²) in [6.07, 6.45) is 0.660. The number of nitriles is 1. The van der Waals surface area contributed by atoms with Gasteiger partial charge in [0.1, 0.15) is 0 Å². The number of aromatic nitrogens is 3. The minimum Gasteiger partial charge on any atom is -0.337 e. The van der Waals surface area contributed by atoms with Crippen molar-refractivity contribution in [3.05, 3.63) is 71.4 Å². The maximum atomic E-state index is 9.00. The SMILES string of the molecule is [C-]#[N+]CCc1cc(Br)c(Nc2nnc(Cl)c(Nc3ccc(C#N)cc3Br)n2)c(Br)c1. The Labute approximate surface area is 203 Å². The third kappa shape index (κ3) is 5.46. The summed E-state index contributed by atoms with van der Waals surface area (Å²) in [5.74, 6) is 0.544. The highest BCUT2D eigenvalue weighted by Gasteiger charge is 2.14. The van der Waals surface area contributed by atoms with Gasteiger partial charge in [-0.05, 0) is 83.7 Å². The Morgan fingerprint density at radius 1 is 1.07 bits per heavy atom. The quantitative estimate of drug-likeness (QED) is 0.304. The predicted molar refractivity (Wildman–Crippen MR) is 127 cm³/mol. The normalized spacial score (nSPS) is 10.2. The van der Waals surface area contributed by atoms with Crippen LogP contribution in [0.15, 0.2) is 43.7 Å². The van der Waals surface area contributed by atoms with Crippen LogP contribution < -0.4 is 10.6 Å². The fraction of sp³-hybridized carbons (Fsp3) is 0.105. The fourth-order valence-electron chi connectivity index (χ4n) is 2.45. The van der Waals surface area contributed by atoms with E-state index in [1.165, 1.54) is 0 Å². The monoisotopic (exact) mass is 609 g/mol. The molecule has 0 saturated carbocycles. The van der Waals surface area contributed by atoms with E-state index in [0.29, 0.717) is 34.5 Å². The highest BCUT2D eigenvalue weighted by atomic mass is 79.9. The van der Waals surface area contributed by atoms with Crippen molar-refractivity contribution >= 4 is 82.5 Å². The van der Waals surface area contributed by atoms with Gasteiger partial charge in [0.2, 0.25) is 12.5 Å². The van der Waals surface area contributed by atoms with Gasteiger partial charge < -0.3 is 15.5 Å². The predicted octanol–water partition coefficient (Wildman–Crippen LogP) is 6.63. The third-order valence-corrected chi connectivity index (χ3v) is 6.01. The molecule has 0 aliphatic rings. The van der Waals surface area contributed by atoms with Crippen molar-refractivity contribution in [3.8, 4) is 6.07 Å². The lowest BCUT2D eigenvalue weighted by molar-refractivity contribution is 0.981. The molecule has 150 valence electrons. The number of nitrogens with one attached hydrogen (secondary N) is 2. The minimum atomic E-state index is 0.101. The standard InChI is InChI=1S/C19H11Br3ClN7/c1-25-5-4-10-6-13(21)16(14(22)7-10)27-19-28-18(17(23)29-30-19)26-15-3-2-11(9-24)8-12(15)20/h2-3,6-8H,4-5H2,(H2,26,27,28,30). The second kappa shape index (κ2) is 10.2. The number of anilines is 4. The summed E-state index contributed by atoms with van der Waals surface area (Å²) < 4.78 is 2.27. The van der Waals surface area contributed by atoms with Crippen LogP contribution in [0.4, 0.5) is 23.1 Å². The number of hydrogen-bond donors (Lipinski definition) is 2. The maximum absolute atomic E-state index is 9.00. The van der Waals surface area contributed by atoms with Crippen molar-refractivity contribution in [1.29, 1.82) is 5.26 Å². The molecule has 30 heavy (non-hydrogen) atoms. The lowest BCUT2D eigenvalue weighted by Crippen LogP contribution is -2.05. The van der Waals surface area contributed by atoms with Gasteiger partial charge in [0, 0.05) is 19.8 Å². The molecule has 0 saturated heterocycles. The zero-order valence-electron chi connectivity index (χ0n) is 15.0. The minimum absolute atomic E-state index is 0.101. The van der Waals surface area contributed by atoms with Crippen LogP contribution in [0.1, 0.15) is 11.1 Å². The smallest absolute Gasteiger partial charge is 0.249 e. The molecule has 0 bridgehead atoms. The van der Waals surface area contributed by atoms with Crippen LogP contribution in [0.3, 0.4) is 0 Å². The van der Waals surface area contributed by atoms with Crippen molar-refractivity contribution < 1.29 is 0 Å². The molecular weight excluding hydrogens is 601 g/mol. The zero-order chi connectivity index (χ0) is 21.7. The topological polar surface area (TPSA) is 90.9 Å². The number of rotatable bonds is 6. The Hall–Kier alpha value is -2.24. The molecule has 0 aliphatic carbocycles. The highest BCUT2D eigenvalue weighted by molar-refractivity contribution is 9.11. The average Bonchev–Trinajstić information content (AvgIpc) is 2.72. The molecular formula is C19H11Br3ClN7. The lowest BCUT2D eigenvalue weighted by Gasteiger charge is -2.13. The Morgan fingerprint density at radius 3 is 2.43 bits per heavy atom. The van der Waals surface area contributed by atoms with E-state index >= 15 is 0 Å². The van der Waals surface area contributed by atoms with Crippen LogP contribution >= 0.6 is 59.4 Å². The molecule has 0 radical (unpaired) electrons. The summed E-state index contributed by atoms with van der Waals surface area (Å²) in [6, 6.07) is 11.1. The number of nitrogens with zero attached hydrogens (tertiary/aromatic N) is 5. The molecule has 3 aromatic rings. The van der Waals surface area contributed by atoms with Crippen LogP contribution in [-0.2, 0) is 6.42 Å². The molecule has 11 heteroatoms. The Morgan fingerprint density at radius 2 is 1.80 bits per heavy atom. The van der Waals surface area contributed by atoms with E-state index in [4.69, 9.17) is 23.4 Å². The van der Waals surface area contributed by atoms with Crippen LogP contribution in [0.2, 0.25) is 5.15 Å². The molecule has 2 aromatic carbocycles. The molecule has 0 amide bonds. The Bertz CT molecular complexity index is 1160. The maximum Gasteiger partial charge on any atom is 0.249 e. The molecule has 1 aromatic heterocycles. The van der Waals surface area contributed by atoms with Crippen molar-refractivity contribution in [1.82, 2.24) is 15.2 Å². The first-order valence-corrected chi connectivity index (χ1v) is 11.1. The zero-order valence-corrected chi connectivity index (χ0v) is 20.6. The van der Waals surface area contributed by atoms with E-state index in [9.17, 15) is 0 Å². The number of hydrogen-bond acceptors (Lipinski definition) is 6. The summed E-state index contributed by atoms with van der Waals surface area (Å²) in [5, 5.41) is 23.2. The largest absolute Gasteiger partial charge is 0.337 e. The summed E-state index contributed by atoms with van der Waals surface area (Å²) in [5.41, 5.74) is 2.94. The first-order chi connectivity index (χ1) is 14.4. The van der Waals surface area contributed by atoms with Crippen molar-refractivity contribution in [2.75, 3.05) is 17.2 Å². The van der Waals surface area contributed by atoms with Crippen molar-refractivity contribution in [2.24, 2.45) is 0 Å². The van der Waals surface area contributed by atoms with E-state index < -0.39 is 0 Å². The average molecular weight is 613 g/mol. The van der Waals surface area contributed by atoms with E-state index in [-0.39, 0.29) is 11.1 Å². The van der Waals surface area contributed by atoms with E-state index in [1.807, 2.05) is 12.1 Å². The number of benzene rings is 2. The van der Waals surface area contributed by atoms with Crippen molar-refractivity contribution in [3.63, 3.8) is 0 Å². The molecule has 3 rings (SSSR count). The van der Waals surface area contributed by atoms with Crippen LogP contribution in [-0.4, -0.2) is 21.7 Å².